The molecule has 1 aliphatic carbocycles. The molecule has 0 saturated heterocycles. The van der Waals surface area contributed by atoms with E-state index in [2.05, 4.69) is 32.3 Å². The Morgan fingerprint density at radius 1 is 1.39 bits per heavy atom. The topological polar surface area (TPSA) is 92.1 Å². The zero-order valence-electron chi connectivity index (χ0n) is 12.8. The normalized spacial score (nSPS) is 17.6. The van der Waals surface area contributed by atoms with E-state index in [0.29, 0.717) is 17.3 Å². The molecule has 1 saturated carbocycles. The van der Waals surface area contributed by atoms with Crippen molar-refractivity contribution >= 4 is 27.8 Å². The van der Waals surface area contributed by atoms with E-state index in [4.69, 9.17) is 4.74 Å². The molecule has 1 aromatic rings. The van der Waals surface area contributed by atoms with E-state index in [-0.39, 0.29) is 5.56 Å². The molecule has 2 rings (SSSR count). The number of halogens is 1. The summed E-state index contributed by atoms with van der Waals surface area (Å²) in [6, 6.07) is 3.77. The Morgan fingerprint density at radius 3 is 2.70 bits per heavy atom. The van der Waals surface area contributed by atoms with Crippen LogP contribution >= 0.6 is 15.9 Å². The van der Waals surface area contributed by atoms with Gasteiger partial charge in [0.15, 0.2) is 6.10 Å². The van der Waals surface area contributed by atoms with Crippen molar-refractivity contribution in [2.24, 2.45) is 0 Å². The van der Waals surface area contributed by atoms with Gasteiger partial charge in [0.2, 0.25) is 0 Å². The van der Waals surface area contributed by atoms with Crippen molar-refractivity contribution in [3.63, 3.8) is 0 Å². The van der Waals surface area contributed by atoms with Gasteiger partial charge in [-0.1, -0.05) is 19.3 Å². The van der Waals surface area contributed by atoms with Crippen LogP contribution in [0.15, 0.2) is 22.9 Å². The second-order valence-electron chi connectivity index (χ2n) is 5.68. The molecule has 122 valence electrons. The first-order valence-electron chi connectivity index (χ1n) is 7.50. The van der Waals surface area contributed by atoms with Crippen molar-refractivity contribution in [3.8, 4) is 6.07 Å². The Morgan fingerprint density at radius 2 is 2.09 bits per heavy atom. The smallest absolute Gasteiger partial charge is 0.340 e. The number of esters is 1. The zero-order chi connectivity index (χ0) is 16.9. The molecule has 0 radical (unpaired) electrons. The minimum absolute atomic E-state index is 0.256. The third kappa shape index (κ3) is 4.52. The van der Waals surface area contributed by atoms with Gasteiger partial charge in [-0.2, -0.15) is 5.26 Å². The van der Waals surface area contributed by atoms with Crippen LogP contribution in [0.2, 0.25) is 0 Å². The van der Waals surface area contributed by atoms with Crippen LogP contribution in [0.1, 0.15) is 49.4 Å². The van der Waals surface area contributed by atoms with E-state index in [1.807, 2.05) is 0 Å². The van der Waals surface area contributed by atoms with E-state index in [9.17, 15) is 14.9 Å². The summed E-state index contributed by atoms with van der Waals surface area (Å²) in [6.45, 7) is 1.49. The van der Waals surface area contributed by atoms with Crippen LogP contribution in [-0.2, 0) is 9.53 Å². The molecule has 1 aliphatic rings. The molecular formula is C16H18BrN3O3. The van der Waals surface area contributed by atoms with Crippen LogP contribution in [0, 0.1) is 11.3 Å². The van der Waals surface area contributed by atoms with E-state index in [1.54, 1.807) is 12.3 Å². The standard InChI is InChI=1S/C16H18BrN3O3/c1-11(23-15(22)12-7-13(17)9-19-8-12)14(21)20-16(10-18)5-3-2-4-6-16/h7-9,11H,2-6H2,1H3,(H,20,21)/t11-/m1/s1. The van der Waals surface area contributed by atoms with E-state index < -0.39 is 23.5 Å². The van der Waals surface area contributed by atoms with Crippen molar-refractivity contribution in [2.75, 3.05) is 0 Å². The lowest BCUT2D eigenvalue weighted by Gasteiger charge is -2.32. The van der Waals surface area contributed by atoms with Crippen LogP contribution in [-0.4, -0.2) is 28.5 Å². The Labute approximate surface area is 143 Å². The van der Waals surface area contributed by atoms with Gasteiger partial charge in [0.25, 0.3) is 5.91 Å². The SMILES string of the molecule is C[C@@H](OC(=O)c1cncc(Br)c1)C(=O)NC1(C#N)CCCCC1. The van der Waals surface area contributed by atoms with Crippen molar-refractivity contribution in [3.05, 3.63) is 28.5 Å². The summed E-state index contributed by atoms with van der Waals surface area (Å²) < 4.78 is 5.81. The first-order valence-corrected chi connectivity index (χ1v) is 8.30. The number of carbonyl (C=O) groups excluding carboxylic acids is 2. The largest absolute Gasteiger partial charge is 0.449 e. The van der Waals surface area contributed by atoms with Gasteiger partial charge < -0.3 is 10.1 Å². The summed E-state index contributed by atoms with van der Waals surface area (Å²) in [5.41, 5.74) is -0.584. The molecule has 0 aromatic carbocycles. The Balaban J connectivity index is 1.97. The third-order valence-corrected chi connectivity index (χ3v) is 4.31. The molecule has 0 aliphatic heterocycles. The number of pyridine rings is 1. The summed E-state index contributed by atoms with van der Waals surface area (Å²) in [5.74, 6) is -1.08. The fraction of sp³-hybridized carbons (Fsp3) is 0.500. The molecular weight excluding hydrogens is 362 g/mol. The van der Waals surface area contributed by atoms with E-state index in [0.717, 1.165) is 19.3 Å². The minimum Gasteiger partial charge on any atom is -0.449 e. The number of nitrogens with one attached hydrogen (secondary N) is 1. The summed E-state index contributed by atoms with van der Waals surface area (Å²) >= 11 is 3.22. The van der Waals surface area contributed by atoms with Gasteiger partial charge >= 0.3 is 5.97 Å². The van der Waals surface area contributed by atoms with Gasteiger partial charge in [0, 0.05) is 16.9 Å². The molecule has 6 nitrogen and oxygen atoms in total. The average Bonchev–Trinajstić information content (AvgIpc) is 2.55. The molecule has 23 heavy (non-hydrogen) atoms. The minimum atomic E-state index is -0.978. The van der Waals surface area contributed by atoms with Crippen LogP contribution in [0.25, 0.3) is 0 Å². The van der Waals surface area contributed by atoms with Crippen LogP contribution in [0.5, 0.6) is 0 Å². The monoisotopic (exact) mass is 379 g/mol. The van der Waals surface area contributed by atoms with Crippen molar-refractivity contribution < 1.29 is 14.3 Å². The van der Waals surface area contributed by atoms with Crippen LogP contribution < -0.4 is 5.32 Å². The average molecular weight is 380 g/mol. The summed E-state index contributed by atoms with van der Waals surface area (Å²) in [5, 5.41) is 12.1. The van der Waals surface area contributed by atoms with Crippen LogP contribution in [0.4, 0.5) is 0 Å². The number of nitriles is 1. The zero-order valence-corrected chi connectivity index (χ0v) is 14.4. The molecule has 1 fully saturated rings. The van der Waals surface area contributed by atoms with Crippen LogP contribution in [0.3, 0.4) is 0 Å². The molecule has 7 heteroatoms. The maximum absolute atomic E-state index is 12.2. The lowest BCUT2D eigenvalue weighted by atomic mass is 9.83. The quantitative estimate of drug-likeness (QED) is 0.811. The van der Waals surface area contributed by atoms with Gasteiger partial charge in [-0.05, 0) is 41.8 Å². The highest BCUT2D eigenvalue weighted by atomic mass is 79.9. The third-order valence-electron chi connectivity index (χ3n) is 3.88. The number of aromatic nitrogens is 1. The number of hydrogen-bond acceptors (Lipinski definition) is 5. The molecule has 0 bridgehead atoms. The summed E-state index contributed by atoms with van der Waals surface area (Å²) in [7, 11) is 0. The lowest BCUT2D eigenvalue weighted by Crippen LogP contribution is -2.52. The molecule has 1 N–H and O–H groups in total. The molecule has 1 atom stereocenters. The predicted octanol–water partition coefficient (Wildman–Crippen LogP) is 2.73. The van der Waals surface area contributed by atoms with Gasteiger partial charge in [-0.25, -0.2) is 4.79 Å². The van der Waals surface area contributed by atoms with Gasteiger partial charge in [0.05, 0.1) is 11.6 Å². The first-order chi connectivity index (χ1) is 11.0. The lowest BCUT2D eigenvalue weighted by molar-refractivity contribution is -0.130. The Hall–Kier alpha value is -1.94. The first kappa shape index (κ1) is 17.4. The predicted molar refractivity (Wildman–Crippen MR) is 86.4 cm³/mol. The van der Waals surface area contributed by atoms with Crippen molar-refractivity contribution in [1.29, 1.82) is 5.26 Å². The fourth-order valence-corrected chi connectivity index (χ4v) is 2.93. The molecule has 1 aromatic heterocycles. The molecule has 0 unspecified atom stereocenters. The molecule has 1 amide bonds. The van der Waals surface area contributed by atoms with Crippen molar-refractivity contribution in [2.45, 2.75) is 50.7 Å². The fourth-order valence-electron chi connectivity index (χ4n) is 2.56. The number of nitrogens with zero attached hydrogens (tertiary/aromatic N) is 2. The van der Waals surface area contributed by atoms with E-state index >= 15 is 0 Å². The van der Waals surface area contributed by atoms with Gasteiger partial charge in [-0.3, -0.25) is 9.78 Å². The van der Waals surface area contributed by atoms with E-state index in [1.165, 1.54) is 13.1 Å². The number of carbonyl (C=O) groups is 2. The Bertz CT molecular complexity index is 636. The number of amides is 1. The number of hydrogen-bond donors (Lipinski definition) is 1. The highest BCUT2D eigenvalue weighted by Gasteiger charge is 2.35. The number of ether oxygens (including phenoxy) is 1. The highest BCUT2D eigenvalue weighted by Crippen LogP contribution is 2.27. The van der Waals surface area contributed by atoms with Gasteiger partial charge in [0.1, 0.15) is 5.54 Å². The van der Waals surface area contributed by atoms with Gasteiger partial charge in [-0.15, -0.1) is 0 Å². The summed E-state index contributed by atoms with van der Waals surface area (Å²) in [4.78, 5) is 28.2. The maximum atomic E-state index is 12.2. The number of rotatable bonds is 4. The molecule has 1 heterocycles. The molecule has 0 spiro atoms. The second kappa shape index (κ2) is 7.55. The van der Waals surface area contributed by atoms with Crippen molar-refractivity contribution in [1.82, 2.24) is 10.3 Å². The Kier molecular flexibility index (Phi) is 5.72. The highest BCUT2D eigenvalue weighted by molar-refractivity contribution is 9.10. The second-order valence-corrected chi connectivity index (χ2v) is 6.60. The summed E-state index contributed by atoms with van der Waals surface area (Å²) in [6.07, 6.45) is 6.09. The maximum Gasteiger partial charge on any atom is 0.340 e.